The molecule has 3 aliphatic rings. The number of hydrogen-bond donors (Lipinski definition) is 2. The summed E-state index contributed by atoms with van der Waals surface area (Å²) in [5.74, 6) is -4.26. The quantitative estimate of drug-likeness (QED) is 0.180. The molecule has 3 saturated heterocycles. The number of unbranched alkanes of at least 4 members (excludes halogenated alkanes) is 1. The Labute approximate surface area is 345 Å². The second-order valence-electron chi connectivity index (χ2n) is 17.7. The number of cyclic esters (lactones) is 1. The van der Waals surface area contributed by atoms with Gasteiger partial charge >= 0.3 is 24.1 Å². The van der Waals surface area contributed by atoms with E-state index in [2.05, 4.69) is 31.1 Å². The van der Waals surface area contributed by atoms with Crippen LogP contribution in [0.2, 0.25) is 0 Å². The summed E-state index contributed by atoms with van der Waals surface area (Å²) in [6.07, 6.45) is -0.848. The van der Waals surface area contributed by atoms with Crippen molar-refractivity contribution < 1.29 is 51.7 Å². The third-order valence-electron chi connectivity index (χ3n) is 12.6. The van der Waals surface area contributed by atoms with Crippen molar-refractivity contribution in [3.63, 3.8) is 0 Å². The summed E-state index contributed by atoms with van der Waals surface area (Å²) in [6.45, 7) is 16.0. The number of aliphatic hydroxyl groups excluding tert-OH is 1. The minimum atomic E-state index is -5.03. The maximum atomic E-state index is 14.3. The molecule has 5 rings (SSSR count). The molecule has 1 aromatic heterocycles. The van der Waals surface area contributed by atoms with Crippen molar-refractivity contribution in [3.8, 4) is 11.3 Å². The molecule has 3 fully saturated rings. The van der Waals surface area contributed by atoms with Gasteiger partial charge in [0.2, 0.25) is 0 Å². The summed E-state index contributed by atoms with van der Waals surface area (Å²) in [7, 11) is 0. The number of aromatic nitrogens is 3. The number of fused-ring (bicyclic) bond motifs is 1. The number of carbonyl (C=O) groups is 4. The van der Waals surface area contributed by atoms with Gasteiger partial charge in [0.25, 0.3) is 0 Å². The minimum Gasteiger partial charge on any atom is -0.458 e. The SMILES string of the molecule is CC[C@H]1OC(=O)[C@H](C)[C@@H](O)[C@H](CC2C[C@H](C)C[C@H](C)O2)C[C@@H](C)C[C@@H](C)C(=O)[C@H](C)C2N(CCCCn3cc(-c4cccc(NC(=O)C(F)(F)F)c4)nn3)C(=O)O[C@@]21C. The van der Waals surface area contributed by atoms with Crippen molar-refractivity contribution in [2.24, 2.45) is 35.5 Å². The molecule has 2 unspecified atom stereocenters. The molecule has 16 heteroatoms. The number of alkyl halides is 3. The van der Waals surface area contributed by atoms with Gasteiger partial charge in [0.1, 0.15) is 17.6 Å². The van der Waals surface area contributed by atoms with E-state index in [0.717, 1.165) is 12.8 Å². The predicted molar refractivity (Wildman–Crippen MR) is 213 cm³/mol. The largest absolute Gasteiger partial charge is 0.471 e. The Morgan fingerprint density at radius 1 is 0.983 bits per heavy atom. The number of nitrogens with one attached hydrogen (secondary N) is 1. The van der Waals surface area contributed by atoms with E-state index < -0.39 is 59.8 Å². The highest BCUT2D eigenvalue weighted by molar-refractivity contribution is 5.95. The molecule has 2 amide bonds. The number of ether oxygens (including phenoxy) is 3. The van der Waals surface area contributed by atoms with Gasteiger partial charge in [-0.05, 0) is 102 Å². The van der Waals surface area contributed by atoms with Crippen LogP contribution in [-0.2, 0) is 35.1 Å². The maximum absolute atomic E-state index is 14.3. The molecule has 1 aromatic carbocycles. The third kappa shape index (κ3) is 11.0. The second kappa shape index (κ2) is 19.1. The van der Waals surface area contributed by atoms with E-state index in [9.17, 15) is 37.5 Å². The molecule has 59 heavy (non-hydrogen) atoms. The summed E-state index contributed by atoms with van der Waals surface area (Å²) in [6, 6.07) is 5.11. The Morgan fingerprint density at radius 3 is 2.36 bits per heavy atom. The second-order valence-corrected chi connectivity index (χ2v) is 17.7. The van der Waals surface area contributed by atoms with Crippen LogP contribution in [0.15, 0.2) is 30.5 Å². The summed E-state index contributed by atoms with van der Waals surface area (Å²) < 4.78 is 58.5. The summed E-state index contributed by atoms with van der Waals surface area (Å²) in [4.78, 5) is 55.0. The summed E-state index contributed by atoms with van der Waals surface area (Å²) in [5, 5.41) is 21.9. The van der Waals surface area contributed by atoms with Crippen LogP contribution in [0.25, 0.3) is 11.3 Å². The van der Waals surface area contributed by atoms with Gasteiger partial charge in [-0.3, -0.25) is 19.1 Å². The number of esters is 1. The number of rotatable bonds is 10. The number of aliphatic hydroxyl groups is 1. The van der Waals surface area contributed by atoms with Crippen LogP contribution in [0.4, 0.5) is 23.7 Å². The van der Waals surface area contributed by atoms with Gasteiger partial charge in [-0.25, -0.2) is 4.79 Å². The van der Waals surface area contributed by atoms with Crippen LogP contribution in [0.1, 0.15) is 107 Å². The van der Waals surface area contributed by atoms with Crippen LogP contribution >= 0.6 is 0 Å². The van der Waals surface area contributed by atoms with E-state index in [0.29, 0.717) is 62.2 Å². The summed E-state index contributed by atoms with van der Waals surface area (Å²) in [5.41, 5.74) is -0.557. The fourth-order valence-corrected chi connectivity index (χ4v) is 9.79. The molecule has 0 spiro atoms. The fraction of sp³-hybridized carbons (Fsp3) is 0.721. The minimum absolute atomic E-state index is 0.0180. The van der Waals surface area contributed by atoms with Crippen LogP contribution in [-0.4, -0.2) is 97.5 Å². The zero-order valence-corrected chi connectivity index (χ0v) is 35.5. The van der Waals surface area contributed by atoms with E-state index in [-0.39, 0.29) is 48.0 Å². The number of nitrogens with zero attached hydrogens (tertiary/aromatic N) is 4. The number of Topliss-reactive ketones (excluding diaryl/α,β-unsaturated/α-hetero) is 1. The van der Waals surface area contributed by atoms with Gasteiger partial charge in [0.05, 0.1) is 36.5 Å². The van der Waals surface area contributed by atoms with Gasteiger partial charge in [-0.15, -0.1) is 5.10 Å². The predicted octanol–water partition coefficient (Wildman–Crippen LogP) is 7.61. The van der Waals surface area contributed by atoms with E-state index >= 15 is 0 Å². The monoisotopic (exact) mass is 833 g/mol. The van der Waals surface area contributed by atoms with Gasteiger partial charge in [0.15, 0.2) is 5.60 Å². The topological polar surface area (TPSA) is 162 Å². The smallest absolute Gasteiger partial charge is 0.458 e. The molecule has 0 saturated carbocycles. The first kappa shape index (κ1) is 46.0. The lowest BCUT2D eigenvalue weighted by molar-refractivity contribution is -0.175. The first-order valence-corrected chi connectivity index (χ1v) is 21.2. The van der Waals surface area contributed by atoms with Crippen LogP contribution in [0, 0.1) is 35.5 Å². The Bertz CT molecular complexity index is 1780. The Morgan fingerprint density at radius 2 is 1.68 bits per heavy atom. The van der Waals surface area contributed by atoms with Crippen molar-refractivity contribution >= 4 is 29.4 Å². The number of amides is 2. The highest BCUT2D eigenvalue weighted by Crippen LogP contribution is 2.42. The highest BCUT2D eigenvalue weighted by Gasteiger charge is 2.59. The normalized spacial score (nSPS) is 33.8. The van der Waals surface area contributed by atoms with Crippen LogP contribution in [0.5, 0.6) is 0 Å². The van der Waals surface area contributed by atoms with Crippen molar-refractivity contribution in [3.05, 3.63) is 30.5 Å². The number of benzene rings is 1. The van der Waals surface area contributed by atoms with Crippen molar-refractivity contribution in [2.45, 2.75) is 156 Å². The molecule has 12 atom stereocenters. The molecule has 2 N–H and O–H groups in total. The average Bonchev–Trinajstić information content (AvgIpc) is 3.74. The van der Waals surface area contributed by atoms with E-state index in [1.54, 1.807) is 35.7 Å². The fourth-order valence-electron chi connectivity index (χ4n) is 9.79. The van der Waals surface area contributed by atoms with E-state index in [1.807, 2.05) is 26.1 Å². The Kier molecular flexibility index (Phi) is 14.9. The van der Waals surface area contributed by atoms with Gasteiger partial charge in [0, 0.05) is 36.2 Å². The molecule has 13 nitrogen and oxygen atoms in total. The molecule has 4 heterocycles. The zero-order valence-electron chi connectivity index (χ0n) is 35.5. The first-order valence-electron chi connectivity index (χ1n) is 21.2. The molecular weight excluding hydrogens is 771 g/mol. The lowest BCUT2D eigenvalue weighted by atomic mass is 9.74. The lowest BCUT2D eigenvalue weighted by Gasteiger charge is -2.41. The summed E-state index contributed by atoms with van der Waals surface area (Å²) >= 11 is 0. The van der Waals surface area contributed by atoms with Gasteiger partial charge in [-0.1, -0.05) is 52.0 Å². The van der Waals surface area contributed by atoms with Crippen LogP contribution < -0.4 is 5.32 Å². The number of anilines is 1. The van der Waals surface area contributed by atoms with Gasteiger partial charge in [-0.2, -0.15) is 13.2 Å². The molecule has 0 aliphatic carbocycles. The molecule has 0 radical (unpaired) electrons. The molecule has 3 aliphatic heterocycles. The average molecular weight is 834 g/mol. The van der Waals surface area contributed by atoms with Crippen molar-refractivity contribution in [1.82, 2.24) is 19.9 Å². The first-order chi connectivity index (χ1) is 27.7. The third-order valence-corrected chi connectivity index (χ3v) is 12.6. The highest BCUT2D eigenvalue weighted by atomic mass is 19.4. The van der Waals surface area contributed by atoms with E-state index in [1.165, 1.54) is 18.2 Å². The zero-order chi connectivity index (χ0) is 43.4. The lowest BCUT2D eigenvalue weighted by Crippen LogP contribution is -2.57. The van der Waals surface area contributed by atoms with Gasteiger partial charge < -0.3 is 29.5 Å². The number of carbonyl (C=O) groups excluding carboxylic acids is 4. The number of aryl methyl sites for hydroxylation is 1. The van der Waals surface area contributed by atoms with E-state index in [4.69, 9.17) is 14.2 Å². The van der Waals surface area contributed by atoms with Crippen LogP contribution in [0.3, 0.4) is 0 Å². The number of hydrogen-bond acceptors (Lipinski definition) is 10. The Balaban J connectivity index is 1.30. The molecule has 2 aromatic rings. The maximum Gasteiger partial charge on any atom is 0.471 e. The number of ketones is 1. The van der Waals surface area contributed by atoms with Crippen molar-refractivity contribution in [1.29, 1.82) is 0 Å². The standard InChI is InChI=1S/C43H62F3N5O8/c1-9-35-42(8)38(28(6)36(52)26(4)17-24(2)19-31(37(53)29(7)39(54)58-35)22-33-20-25(3)18-27(5)57-33)51(41(56)59-42)16-11-10-15-50-23-34(48-49-50)30-13-12-14-32(21-30)47-40(55)43(44,45)46/h12-14,21,23-29,31,33,35,37-38,53H,9-11,15-20,22H2,1-8H3,(H,47,55)/t24-,25+,26+,27-,28-,29+,31-,33?,35+,37+,38?,42+/m0/s1. The number of halogens is 3. The molecular formula is C43H62F3N5O8. The molecule has 328 valence electrons. The van der Waals surface area contributed by atoms with Crippen molar-refractivity contribution in [2.75, 3.05) is 11.9 Å². The Hall–Kier alpha value is -4.05. The molecule has 0 bridgehead atoms.